The SMILES string of the molecule is CCCCNC(=O)C(C)N(Cc1ccc(Cl)cc1Cl)C(=O)CSCc1ccccc1F. The minimum atomic E-state index is -0.676. The second kappa shape index (κ2) is 12.9. The third kappa shape index (κ3) is 8.02. The number of benzene rings is 2. The molecule has 0 bridgehead atoms. The minimum absolute atomic E-state index is 0.117. The summed E-state index contributed by atoms with van der Waals surface area (Å²) < 4.78 is 13.8. The van der Waals surface area contributed by atoms with Gasteiger partial charge in [0, 0.05) is 28.9 Å². The number of thioether (sulfide) groups is 1. The van der Waals surface area contributed by atoms with Crippen molar-refractivity contribution in [2.45, 2.75) is 45.0 Å². The van der Waals surface area contributed by atoms with Gasteiger partial charge in [0.1, 0.15) is 11.9 Å². The molecule has 0 saturated heterocycles. The number of unbranched alkanes of at least 4 members (excludes halogenated alkanes) is 1. The van der Waals surface area contributed by atoms with E-state index in [1.807, 2.05) is 6.92 Å². The molecule has 8 heteroatoms. The van der Waals surface area contributed by atoms with Crippen LogP contribution in [0.3, 0.4) is 0 Å². The van der Waals surface area contributed by atoms with E-state index >= 15 is 0 Å². The van der Waals surface area contributed by atoms with Gasteiger partial charge < -0.3 is 10.2 Å². The van der Waals surface area contributed by atoms with Crippen LogP contribution in [0.1, 0.15) is 37.8 Å². The lowest BCUT2D eigenvalue weighted by Crippen LogP contribution is -2.48. The van der Waals surface area contributed by atoms with Gasteiger partial charge in [-0.25, -0.2) is 4.39 Å². The topological polar surface area (TPSA) is 49.4 Å². The van der Waals surface area contributed by atoms with Crippen LogP contribution < -0.4 is 5.32 Å². The molecule has 2 aromatic rings. The first-order chi connectivity index (χ1) is 14.8. The largest absolute Gasteiger partial charge is 0.354 e. The average molecular weight is 485 g/mol. The Morgan fingerprint density at radius 2 is 1.90 bits per heavy atom. The molecular formula is C23H27Cl2FN2O2S. The number of hydrogen-bond donors (Lipinski definition) is 1. The highest BCUT2D eigenvalue weighted by atomic mass is 35.5. The second-order valence-electron chi connectivity index (χ2n) is 7.16. The van der Waals surface area contributed by atoms with Gasteiger partial charge in [-0.05, 0) is 42.7 Å². The predicted octanol–water partition coefficient (Wildman–Crippen LogP) is 5.70. The highest BCUT2D eigenvalue weighted by Crippen LogP contribution is 2.24. The summed E-state index contributed by atoms with van der Waals surface area (Å²) in [6, 6.07) is 10.9. The van der Waals surface area contributed by atoms with Gasteiger partial charge in [0.05, 0.1) is 5.75 Å². The molecule has 1 N–H and O–H groups in total. The fraction of sp³-hybridized carbons (Fsp3) is 0.391. The molecule has 0 radical (unpaired) electrons. The van der Waals surface area contributed by atoms with Crippen molar-refractivity contribution in [3.63, 3.8) is 0 Å². The molecule has 31 heavy (non-hydrogen) atoms. The fourth-order valence-corrected chi connectivity index (χ4v) is 4.26. The second-order valence-corrected chi connectivity index (χ2v) is 8.99. The van der Waals surface area contributed by atoms with Crippen molar-refractivity contribution in [1.29, 1.82) is 0 Å². The molecular weight excluding hydrogens is 458 g/mol. The van der Waals surface area contributed by atoms with Gasteiger partial charge in [-0.15, -0.1) is 11.8 Å². The van der Waals surface area contributed by atoms with Crippen LogP contribution in [0.2, 0.25) is 10.0 Å². The Bertz CT molecular complexity index is 898. The first-order valence-corrected chi connectivity index (χ1v) is 12.1. The van der Waals surface area contributed by atoms with Crippen molar-refractivity contribution in [2.24, 2.45) is 0 Å². The van der Waals surface area contributed by atoms with E-state index in [1.54, 1.807) is 43.3 Å². The summed E-state index contributed by atoms with van der Waals surface area (Å²) in [6.07, 6.45) is 1.83. The maximum Gasteiger partial charge on any atom is 0.242 e. The molecule has 0 aliphatic carbocycles. The summed E-state index contributed by atoms with van der Waals surface area (Å²) in [5.41, 5.74) is 1.24. The first-order valence-electron chi connectivity index (χ1n) is 10.2. The smallest absolute Gasteiger partial charge is 0.242 e. The Morgan fingerprint density at radius 3 is 2.58 bits per heavy atom. The van der Waals surface area contributed by atoms with Crippen molar-refractivity contribution in [3.8, 4) is 0 Å². The summed E-state index contributed by atoms with van der Waals surface area (Å²) in [6.45, 7) is 4.48. The lowest BCUT2D eigenvalue weighted by Gasteiger charge is -2.29. The molecule has 2 aromatic carbocycles. The Labute approximate surface area is 197 Å². The standard InChI is InChI=1S/C23H27Cl2FN2O2S/c1-3-4-11-27-23(30)16(2)28(13-17-9-10-19(24)12-20(17)25)22(29)15-31-14-18-7-5-6-8-21(18)26/h5-10,12,16H,3-4,11,13-15H2,1-2H3,(H,27,30). The lowest BCUT2D eigenvalue weighted by molar-refractivity contribution is -0.138. The zero-order valence-electron chi connectivity index (χ0n) is 17.7. The third-order valence-corrected chi connectivity index (χ3v) is 6.35. The molecule has 0 aliphatic rings. The number of carbonyl (C=O) groups excluding carboxylic acids is 2. The Hall–Kier alpha value is -1.76. The van der Waals surface area contributed by atoms with Gasteiger partial charge in [-0.3, -0.25) is 9.59 Å². The number of amides is 2. The van der Waals surface area contributed by atoms with E-state index in [2.05, 4.69) is 5.32 Å². The van der Waals surface area contributed by atoms with Gasteiger partial charge in [0.25, 0.3) is 0 Å². The highest BCUT2D eigenvalue weighted by molar-refractivity contribution is 7.99. The summed E-state index contributed by atoms with van der Waals surface area (Å²) >= 11 is 13.6. The molecule has 0 heterocycles. The first kappa shape index (κ1) is 25.5. The number of nitrogens with zero attached hydrogens (tertiary/aromatic N) is 1. The van der Waals surface area contributed by atoms with E-state index in [4.69, 9.17) is 23.2 Å². The fourth-order valence-electron chi connectivity index (χ4n) is 2.90. The van der Waals surface area contributed by atoms with Crippen LogP contribution in [0.4, 0.5) is 4.39 Å². The maximum atomic E-state index is 13.8. The predicted molar refractivity (Wildman–Crippen MR) is 127 cm³/mol. The van der Waals surface area contributed by atoms with Gasteiger partial charge in [0.2, 0.25) is 11.8 Å². The van der Waals surface area contributed by atoms with Crippen LogP contribution >= 0.6 is 35.0 Å². The van der Waals surface area contributed by atoms with E-state index < -0.39 is 6.04 Å². The molecule has 168 valence electrons. The van der Waals surface area contributed by atoms with Crippen LogP contribution in [0.15, 0.2) is 42.5 Å². The van der Waals surface area contributed by atoms with Crippen LogP contribution in [0.25, 0.3) is 0 Å². The van der Waals surface area contributed by atoms with Crippen molar-refractivity contribution >= 4 is 46.8 Å². The lowest BCUT2D eigenvalue weighted by atomic mass is 10.1. The normalized spacial score (nSPS) is 11.8. The van der Waals surface area contributed by atoms with Crippen molar-refractivity contribution < 1.29 is 14.0 Å². The van der Waals surface area contributed by atoms with Crippen molar-refractivity contribution in [1.82, 2.24) is 10.2 Å². The Kier molecular flexibility index (Phi) is 10.6. The van der Waals surface area contributed by atoms with Crippen LogP contribution in [0.5, 0.6) is 0 Å². The van der Waals surface area contributed by atoms with Gasteiger partial charge in [0.15, 0.2) is 0 Å². The van der Waals surface area contributed by atoms with Gasteiger partial charge in [-0.1, -0.05) is 60.8 Å². The van der Waals surface area contributed by atoms with Gasteiger partial charge >= 0.3 is 0 Å². The number of nitrogens with one attached hydrogen (secondary N) is 1. The maximum absolute atomic E-state index is 13.8. The van der Waals surface area contributed by atoms with E-state index in [0.717, 1.165) is 12.8 Å². The molecule has 0 fully saturated rings. The highest BCUT2D eigenvalue weighted by Gasteiger charge is 2.26. The van der Waals surface area contributed by atoms with Crippen molar-refractivity contribution in [2.75, 3.05) is 12.3 Å². The summed E-state index contributed by atoms with van der Waals surface area (Å²) in [7, 11) is 0. The Balaban J connectivity index is 2.10. The molecule has 1 atom stereocenters. The molecule has 0 spiro atoms. The zero-order valence-corrected chi connectivity index (χ0v) is 20.0. The van der Waals surface area contributed by atoms with Crippen LogP contribution in [-0.2, 0) is 21.9 Å². The number of rotatable bonds is 11. The quantitative estimate of drug-likeness (QED) is 0.416. The molecule has 0 saturated carbocycles. The average Bonchev–Trinajstić information content (AvgIpc) is 2.74. The number of hydrogen-bond acceptors (Lipinski definition) is 3. The monoisotopic (exact) mass is 484 g/mol. The number of halogens is 3. The van der Waals surface area contributed by atoms with Crippen LogP contribution in [0, 0.1) is 5.82 Å². The van der Waals surface area contributed by atoms with Crippen LogP contribution in [-0.4, -0.2) is 35.1 Å². The molecule has 2 rings (SSSR count). The van der Waals surface area contributed by atoms with E-state index in [0.29, 0.717) is 33.5 Å². The van der Waals surface area contributed by atoms with E-state index in [9.17, 15) is 14.0 Å². The summed E-state index contributed by atoms with van der Waals surface area (Å²) in [4.78, 5) is 27.2. The molecule has 2 amide bonds. The molecule has 1 unspecified atom stereocenters. The number of carbonyl (C=O) groups is 2. The summed E-state index contributed by atoms with van der Waals surface area (Å²) in [5.74, 6) is -0.246. The molecule has 0 aliphatic heterocycles. The Morgan fingerprint density at radius 1 is 1.16 bits per heavy atom. The molecule has 0 aromatic heterocycles. The molecule has 4 nitrogen and oxygen atoms in total. The van der Waals surface area contributed by atoms with E-state index in [1.165, 1.54) is 22.7 Å². The minimum Gasteiger partial charge on any atom is -0.354 e. The zero-order chi connectivity index (χ0) is 22.8. The summed E-state index contributed by atoms with van der Waals surface area (Å²) in [5, 5.41) is 3.81. The third-order valence-electron chi connectivity index (χ3n) is 4.79. The van der Waals surface area contributed by atoms with Gasteiger partial charge in [-0.2, -0.15) is 0 Å². The van der Waals surface area contributed by atoms with E-state index in [-0.39, 0.29) is 29.9 Å². The van der Waals surface area contributed by atoms with Crippen molar-refractivity contribution in [3.05, 3.63) is 69.5 Å².